The number of carbonyl (C=O) groups is 1. The fraction of sp³-hybridized carbons (Fsp3) is 0.389. The average molecular weight is 280 g/mol. The van der Waals surface area contributed by atoms with E-state index >= 15 is 0 Å². The number of aryl methyl sites for hydroxylation is 1. The molecule has 0 radical (unpaired) electrons. The molecule has 3 atom stereocenters. The molecule has 3 heteroatoms. The van der Waals surface area contributed by atoms with Crippen LogP contribution in [0.2, 0.25) is 0 Å². The number of rotatable bonds is 3. The Labute approximate surface area is 124 Å². The molecule has 2 aliphatic rings. The van der Waals surface area contributed by atoms with Crippen LogP contribution in [-0.2, 0) is 7.05 Å². The van der Waals surface area contributed by atoms with Gasteiger partial charge in [0.15, 0.2) is 0 Å². The Morgan fingerprint density at radius 2 is 2.19 bits per heavy atom. The number of hydrogen-bond donors (Lipinski definition) is 1. The van der Waals surface area contributed by atoms with Crippen molar-refractivity contribution in [3.05, 3.63) is 48.2 Å². The second kappa shape index (κ2) is 4.76. The zero-order valence-corrected chi connectivity index (χ0v) is 12.3. The number of aromatic nitrogens is 1. The number of allylic oxidation sites excluding steroid dienone is 2. The lowest BCUT2D eigenvalue weighted by molar-refractivity contribution is 0.0946. The van der Waals surface area contributed by atoms with Crippen molar-refractivity contribution in [2.75, 3.05) is 6.54 Å². The summed E-state index contributed by atoms with van der Waals surface area (Å²) in [5.41, 5.74) is 1.89. The van der Waals surface area contributed by atoms with E-state index in [9.17, 15) is 4.79 Å². The van der Waals surface area contributed by atoms with Gasteiger partial charge in [-0.25, -0.2) is 0 Å². The Bertz CT molecular complexity index is 728. The van der Waals surface area contributed by atoms with Crippen molar-refractivity contribution in [3.8, 4) is 0 Å². The van der Waals surface area contributed by atoms with Crippen molar-refractivity contribution in [2.45, 2.75) is 12.8 Å². The predicted octanol–water partition coefficient (Wildman–Crippen LogP) is 3.12. The maximum absolute atomic E-state index is 12.5. The molecule has 1 amide bonds. The predicted molar refractivity (Wildman–Crippen MR) is 84.1 cm³/mol. The van der Waals surface area contributed by atoms with Crippen molar-refractivity contribution in [1.82, 2.24) is 9.88 Å². The summed E-state index contributed by atoms with van der Waals surface area (Å²) in [6, 6.07) is 7.94. The molecule has 2 aromatic rings. The van der Waals surface area contributed by atoms with Crippen LogP contribution >= 0.6 is 0 Å². The maximum atomic E-state index is 12.5. The summed E-state index contributed by atoms with van der Waals surface area (Å²) in [5.74, 6) is 2.12. The lowest BCUT2D eigenvalue weighted by Crippen LogP contribution is -2.31. The molecule has 1 saturated carbocycles. The van der Waals surface area contributed by atoms with Gasteiger partial charge in [-0.05, 0) is 48.8 Å². The Morgan fingerprint density at radius 1 is 1.29 bits per heavy atom. The third kappa shape index (κ3) is 2.08. The smallest absolute Gasteiger partial charge is 0.251 e. The molecule has 21 heavy (non-hydrogen) atoms. The summed E-state index contributed by atoms with van der Waals surface area (Å²) in [7, 11) is 2.01. The zero-order chi connectivity index (χ0) is 14.4. The first kappa shape index (κ1) is 12.7. The molecule has 2 aliphatic carbocycles. The molecule has 0 spiro atoms. The molecular formula is C18H20N2O. The van der Waals surface area contributed by atoms with Crippen molar-refractivity contribution in [2.24, 2.45) is 24.8 Å². The number of nitrogens with one attached hydrogen (secondary N) is 1. The minimum Gasteiger partial charge on any atom is -0.352 e. The van der Waals surface area contributed by atoms with Crippen molar-refractivity contribution in [3.63, 3.8) is 0 Å². The van der Waals surface area contributed by atoms with E-state index < -0.39 is 0 Å². The molecule has 1 N–H and O–H groups in total. The van der Waals surface area contributed by atoms with Crippen molar-refractivity contribution < 1.29 is 4.79 Å². The van der Waals surface area contributed by atoms with E-state index in [1.165, 1.54) is 12.8 Å². The highest BCUT2D eigenvalue weighted by atomic mass is 16.1. The van der Waals surface area contributed by atoms with Crippen LogP contribution in [-0.4, -0.2) is 17.0 Å². The van der Waals surface area contributed by atoms with Gasteiger partial charge >= 0.3 is 0 Å². The van der Waals surface area contributed by atoms with E-state index in [-0.39, 0.29) is 5.91 Å². The molecule has 1 fully saturated rings. The standard InChI is InChI=1S/C18H20N2O/c1-20-8-7-15-16(3-2-4-17(15)20)18(21)19-11-14-10-12-5-6-13(14)9-12/h2-8,12-14H,9-11H2,1H3,(H,19,21)/t12-,13+,14-/m0/s1. The Hall–Kier alpha value is -2.03. The van der Waals surface area contributed by atoms with Crippen molar-refractivity contribution in [1.29, 1.82) is 0 Å². The van der Waals surface area contributed by atoms with Gasteiger partial charge in [-0.3, -0.25) is 4.79 Å². The Kier molecular flexibility index (Phi) is 2.88. The maximum Gasteiger partial charge on any atom is 0.251 e. The summed E-state index contributed by atoms with van der Waals surface area (Å²) in [5, 5.41) is 4.18. The van der Waals surface area contributed by atoms with Gasteiger partial charge in [0.25, 0.3) is 5.91 Å². The molecule has 0 aliphatic heterocycles. The highest BCUT2D eigenvalue weighted by Crippen LogP contribution is 2.42. The number of fused-ring (bicyclic) bond motifs is 3. The number of benzene rings is 1. The van der Waals surface area contributed by atoms with Gasteiger partial charge in [-0.1, -0.05) is 18.2 Å². The molecule has 2 bridgehead atoms. The second-order valence-corrected chi connectivity index (χ2v) is 6.42. The minimum atomic E-state index is 0.0542. The fourth-order valence-corrected chi connectivity index (χ4v) is 3.95. The fourth-order valence-electron chi connectivity index (χ4n) is 3.95. The van der Waals surface area contributed by atoms with Crippen LogP contribution in [0, 0.1) is 17.8 Å². The van der Waals surface area contributed by atoms with E-state index in [2.05, 4.69) is 17.5 Å². The lowest BCUT2D eigenvalue weighted by atomic mass is 9.93. The molecule has 108 valence electrons. The molecule has 1 aromatic heterocycles. The van der Waals surface area contributed by atoms with Crippen LogP contribution in [0.3, 0.4) is 0 Å². The van der Waals surface area contributed by atoms with E-state index in [1.54, 1.807) is 0 Å². The van der Waals surface area contributed by atoms with Crippen LogP contribution in [0.25, 0.3) is 10.9 Å². The third-order valence-corrected chi connectivity index (χ3v) is 5.11. The van der Waals surface area contributed by atoms with Crippen LogP contribution in [0.1, 0.15) is 23.2 Å². The molecule has 4 rings (SSSR count). The van der Waals surface area contributed by atoms with Crippen molar-refractivity contribution >= 4 is 16.8 Å². The highest BCUT2D eigenvalue weighted by molar-refractivity contribution is 6.06. The van der Waals surface area contributed by atoms with Gasteiger partial charge in [0.05, 0.1) is 0 Å². The van der Waals surface area contributed by atoms with Gasteiger partial charge in [0, 0.05) is 36.3 Å². The molecule has 0 unspecified atom stereocenters. The van der Waals surface area contributed by atoms with Crippen LogP contribution < -0.4 is 5.32 Å². The van der Waals surface area contributed by atoms with Gasteiger partial charge in [0.1, 0.15) is 0 Å². The van der Waals surface area contributed by atoms with Gasteiger partial charge in [0.2, 0.25) is 0 Å². The van der Waals surface area contributed by atoms with E-state index in [4.69, 9.17) is 0 Å². The molecule has 1 aromatic carbocycles. The van der Waals surface area contributed by atoms with Crippen LogP contribution in [0.5, 0.6) is 0 Å². The first-order valence-electron chi connectivity index (χ1n) is 7.73. The van der Waals surface area contributed by atoms with Gasteiger partial charge < -0.3 is 9.88 Å². The number of hydrogen-bond acceptors (Lipinski definition) is 1. The van der Waals surface area contributed by atoms with Crippen LogP contribution in [0.4, 0.5) is 0 Å². The monoisotopic (exact) mass is 280 g/mol. The summed E-state index contributed by atoms with van der Waals surface area (Å²) >= 11 is 0. The van der Waals surface area contributed by atoms with Gasteiger partial charge in [-0.15, -0.1) is 0 Å². The molecule has 0 saturated heterocycles. The number of carbonyl (C=O) groups excluding carboxylic acids is 1. The minimum absolute atomic E-state index is 0.0542. The van der Waals surface area contributed by atoms with Gasteiger partial charge in [-0.2, -0.15) is 0 Å². The summed E-state index contributed by atoms with van der Waals surface area (Å²) in [6.07, 6.45) is 9.20. The molecular weight excluding hydrogens is 260 g/mol. The second-order valence-electron chi connectivity index (χ2n) is 6.42. The quantitative estimate of drug-likeness (QED) is 0.861. The van der Waals surface area contributed by atoms with E-state index in [0.717, 1.165) is 28.9 Å². The Balaban J connectivity index is 1.50. The van der Waals surface area contributed by atoms with Crippen LogP contribution in [0.15, 0.2) is 42.6 Å². The largest absolute Gasteiger partial charge is 0.352 e. The molecule has 3 nitrogen and oxygen atoms in total. The normalized spacial score (nSPS) is 26.6. The SMILES string of the molecule is Cn1ccc2c(C(=O)NC[C@@H]3C[C@H]4C=C[C@@H]3C4)cccc21. The molecule has 1 heterocycles. The first-order chi connectivity index (χ1) is 10.2. The summed E-state index contributed by atoms with van der Waals surface area (Å²) in [4.78, 5) is 12.5. The lowest BCUT2D eigenvalue weighted by Gasteiger charge is -2.18. The highest BCUT2D eigenvalue weighted by Gasteiger charge is 2.35. The zero-order valence-electron chi connectivity index (χ0n) is 12.3. The average Bonchev–Trinajstić information content (AvgIpc) is 3.20. The Morgan fingerprint density at radius 3 is 2.95 bits per heavy atom. The van der Waals surface area contributed by atoms with E-state index in [1.807, 2.05) is 42.1 Å². The number of nitrogens with zero attached hydrogens (tertiary/aromatic N) is 1. The summed E-state index contributed by atoms with van der Waals surface area (Å²) in [6.45, 7) is 0.799. The summed E-state index contributed by atoms with van der Waals surface area (Å²) < 4.78 is 2.05. The van der Waals surface area contributed by atoms with E-state index in [0.29, 0.717) is 11.8 Å². The topological polar surface area (TPSA) is 34.0 Å². The first-order valence-corrected chi connectivity index (χ1v) is 7.73. The number of amides is 1. The third-order valence-electron chi connectivity index (χ3n) is 5.11.